The van der Waals surface area contributed by atoms with Gasteiger partial charge in [-0.2, -0.15) is 0 Å². The topological polar surface area (TPSA) is 3.24 Å². The Morgan fingerprint density at radius 1 is 1.12 bits per heavy atom. The van der Waals surface area contributed by atoms with E-state index in [2.05, 4.69) is 39.6 Å². The van der Waals surface area contributed by atoms with Crippen molar-refractivity contribution in [1.82, 2.24) is 4.90 Å². The molecule has 0 atom stereocenters. The van der Waals surface area contributed by atoms with E-state index in [-0.39, 0.29) is 0 Å². The Morgan fingerprint density at radius 2 is 1.56 bits per heavy atom. The van der Waals surface area contributed by atoms with Crippen LogP contribution in [0, 0.1) is 17.3 Å². The normalized spacial score (nSPS) is 19.5. The SMILES string of the molecule is CC.CC(C)CC(C)(C)C1CCN(C)CC1. The quantitative estimate of drug-likeness (QED) is 0.689. The molecule has 0 aromatic heterocycles. The van der Waals surface area contributed by atoms with Crippen molar-refractivity contribution in [3.05, 3.63) is 0 Å². The molecule has 0 saturated carbocycles. The minimum absolute atomic E-state index is 0.551. The first-order valence-electron chi connectivity index (χ1n) is 7.10. The van der Waals surface area contributed by atoms with Gasteiger partial charge >= 0.3 is 0 Å². The van der Waals surface area contributed by atoms with Crippen LogP contribution >= 0.6 is 0 Å². The van der Waals surface area contributed by atoms with Crippen LogP contribution in [0.1, 0.15) is 60.8 Å². The maximum absolute atomic E-state index is 2.46. The van der Waals surface area contributed by atoms with Gasteiger partial charge in [-0.05, 0) is 56.7 Å². The smallest absolute Gasteiger partial charge is 0.00189 e. The second-order valence-corrected chi connectivity index (χ2v) is 6.16. The third kappa shape index (κ3) is 5.34. The van der Waals surface area contributed by atoms with Crippen LogP contribution in [0.3, 0.4) is 0 Å². The van der Waals surface area contributed by atoms with E-state index in [1.165, 1.54) is 32.4 Å². The number of likely N-dealkylation sites (tertiary alicyclic amines) is 1. The average Bonchev–Trinajstić information content (AvgIpc) is 2.19. The van der Waals surface area contributed by atoms with Crippen LogP contribution in [-0.4, -0.2) is 25.0 Å². The molecule has 1 fully saturated rings. The Balaban J connectivity index is 0.00000106. The van der Waals surface area contributed by atoms with Crippen LogP contribution in [0.2, 0.25) is 0 Å². The van der Waals surface area contributed by atoms with Crippen molar-refractivity contribution in [2.75, 3.05) is 20.1 Å². The minimum atomic E-state index is 0.551. The summed E-state index contributed by atoms with van der Waals surface area (Å²) in [6.07, 6.45) is 4.17. The van der Waals surface area contributed by atoms with Gasteiger partial charge in [0.15, 0.2) is 0 Å². The summed E-state index contributed by atoms with van der Waals surface area (Å²) in [7, 11) is 2.24. The van der Waals surface area contributed by atoms with Gasteiger partial charge in [0.05, 0.1) is 0 Å². The lowest BCUT2D eigenvalue weighted by molar-refractivity contribution is 0.0955. The summed E-state index contributed by atoms with van der Waals surface area (Å²) >= 11 is 0. The Labute approximate surface area is 104 Å². The molecule has 0 unspecified atom stereocenters. The Hall–Kier alpha value is -0.0400. The molecule has 1 saturated heterocycles. The molecule has 1 nitrogen and oxygen atoms in total. The van der Waals surface area contributed by atoms with Crippen LogP contribution in [-0.2, 0) is 0 Å². The molecule has 1 aliphatic rings. The van der Waals surface area contributed by atoms with Crippen LogP contribution in [0.15, 0.2) is 0 Å². The summed E-state index contributed by atoms with van der Waals surface area (Å²) in [5.74, 6) is 1.78. The van der Waals surface area contributed by atoms with Gasteiger partial charge in [-0.1, -0.05) is 41.5 Å². The monoisotopic (exact) mass is 227 g/mol. The maximum atomic E-state index is 2.46. The van der Waals surface area contributed by atoms with E-state index >= 15 is 0 Å². The molecule has 0 bridgehead atoms. The molecule has 0 N–H and O–H groups in total. The van der Waals surface area contributed by atoms with Gasteiger partial charge in [-0.3, -0.25) is 0 Å². The molecule has 1 rings (SSSR count). The van der Waals surface area contributed by atoms with Crippen LogP contribution < -0.4 is 0 Å². The van der Waals surface area contributed by atoms with E-state index in [0.29, 0.717) is 5.41 Å². The van der Waals surface area contributed by atoms with Crippen LogP contribution in [0.4, 0.5) is 0 Å². The summed E-state index contributed by atoms with van der Waals surface area (Å²) in [6.45, 7) is 16.2. The second kappa shape index (κ2) is 7.32. The first-order chi connectivity index (χ1) is 7.42. The van der Waals surface area contributed by atoms with Crippen LogP contribution in [0.5, 0.6) is 0 Å². The van der Waals surface area contributed by atoms with Gasteiger partial charge < -0.3 is 4.90 Å². The highest BCUT2D eigenvalue weighted by atomic mass is 15.1. The highest BCUT2D eigenvalue weighted by molar-refractivity contribution is 4.83. The molecule has 1 heteroatoms. The first kappa shape index (κ1) is 16.0. The lowest BCUT2D eigenvalue weighted by Gasteiger charge is -2.40. The van der Waals surface area contributed by atoms with Crippen molar-refractivity contribution in [2.45, 2.75) is 60.8 Å². The van der Waals surface area contributed by atoms with Gasteiger partial charge in [-0.25, -0.2) is 0 Å². The Kier molecular flexibility index (Phi) is 7.30. The maximum Gasteiger partial charge on any atom is -0.00189 e. The predicted octanol–water partition coefficient (Wildman–Crippen LogP) is 4.43. The Bertz CT molecular complexity index is 164. The highest BCUT2D eigenvalue weighted by Gasteiger charge is 2.31. The number of nitrogens with zero attached hydrogens (tertiary/aromatic N) is 1. The summed E-state index contributed by atoms with van der Waals surface area (Å²) < 4.78 is 0. The second-order valence-electron chi connectivity index (χ2n) is 6.16. The van der Waals surface area contributed by atoms with Crippen molar-refractivity contribution in [3.63, 3.8) is 0 Å². The first-order valence-corrected chi connectivity index (χ1v) is 7.10. The van der Waals surface area contributed by atoms with Crippen molar-refractivity contribution < 1.29 is 0 Å². The van der Waals surface area contributed by atoms with E-state index in [1.54, 1.807) is 0 Å². The zero-order chi connectivity index (χ0) is 12.8. The molecule has 1 aliphatic heterocycles. The van der Waals surface area contributed by atoms with Crippen LogP contribution in [0.25, 0.3) is 0 Å². The number of hydrogen-bond acceptors (Lipinski definition) is 1. The lowest BCUT2D eigenvalue weighted by Crippen LogP contribution is -2.37. The third-order valence-electron chi connectivity index (χ3n) is 3.76. The van der Waals surface area contributed by atoms with Gasteiger partial charge in [0.25, 0.3) is 0 Å². The van der Waals surface area contributed by atoms with E-state index in [1.807, 2.05) is 13.8 Å². The third-order valence-corrected chi connectivity index (χ3v) is 3.76. The summed E-state index contributed by atoms with van der Waals surface area (Å²) in [6, 6.07) is 0. The summed E-state index contributed by atoms with van der Waals surface area (Å²) in [4.78, 5) is 2.46. The minimum Gasteiger partial charge on any atom is -0.306 e. The van der Waals surface area contributed by atoms with Gasteiger partial charge in [0.1, 0.15) is 0 Å². The highest BCUT2D eigenvalue weighted by Crippen LogP contribution is 2.39. The summed E-state index contributed by atoms with van der Waals surface area (Å²) in [5, 5.41) is 0. The van der Waals surface area contributed by atoms with E-state index in [4.69, 9.17) is 0 Å². The molecule has 0 aromatic rings. The fraction of sp³-hybridized carbons (Fsp3) is 1.00. The van der Waals surface area contributed by atoms with Gasteiger partial charge in [0, 0.05) is 0 Å². The van der Waals surface area contributed by atoms with Crippen molar-refractivity contribution in [3.8, 4) is 0 Å². The molecule has 0 aromatic carbocycles. The van der Waals surface area contributed by atoms with Crippen molar-refractivity contribution >= 4 is 0 Å². The molecule has 0 radical (unpaired) electrons. The molecule has 1 heterocycles. The molecule has 0 amide bonds. The number of rotatable bonds is 3. The number of piperidine rings is 1. The van der Waals surface area contributed by atoms with Crippen molar-refractivity contribution in [2.24, 2.45) is 17.3 Å². The van der Waals surface area contributed by atoms with E-state index in [9.17, 15) is 0 Å². The van der Waals surface area contributed by atoms with Gasteiger partial charge in [-0.15, -0.1) is 0 Å². The lowest BCUT2D eigenvalue weighted by atomic mass is 9.69. The van der Waals surface area contributed by atoms with E-state index in [0.717, 1.165) is 11.8 Å². The molecule has 16 heavy (non-hydrogen) atoms. The predicted molar refractivity (Wildman–Crippen MR) is 74.8 cm³/mol. The molecular weight excluding hydrogens is 194 g/mol. The molecular formula is C15H33N. The zero-order valence-corrected chi connectivity index (χ0v) is 12.6. The van der Waals surface area contributed by atoms with Gasteiger partial charge in [0.2, 0.25) is 0 Å². The molecule has 0 spiro atoms. The molecule has 0 aliphatic carbocycles. The largest absolute Gasteiger partial charge is 0.306 e. The fourth-order valence-electron chi connectivity index (χ4n) is 3.01. The average molecular weight is 227 g/mol. The summed E-state index contributed by atoms with van der Waals surface area (Å²) in [5.41, 5.74) is 0.551. The fourth-order valence-corrected chi connectivity index (χ4v) is 3.01. The standard InChI is InChI=1S/C13H27N.C2H6/c1-11(2)10-13(3,4)12-6-8-14(5)9-7-12;1-2/h11-12H,6-10H2,1-5H3;1-2H3. The number of hydrogen-bond donors (Lipinski definition) is 0. The Morgan fingerprint density at radius 3 is 1.94 bits per heavy atom. The molecule has 98 valence electrons. The zero-order valence-electron chi connectivity index (χ0n) is 12.6. The van der Waals surface area contributed by atoms with Crippen molar-refractivity contribution in [1.29, 1.82) is 0 Å². The van der Waals surface area contributed by atoms with E-state index < -0.39 is 0 Å².